The molecule has 0 aliphatic carbocycles. The van der Waals surface area contributed by atoms with Gasteiger partial charge in [-0.2, -0.15) is 8.67 Å². The number of benzene rings is 4. The molecule has 0 radical (unpaired) electrons. The minimum absolute atomic E-state index is 0.262. The molecule has 1 aliphatic heterocycles. The SMILES string of the molecule is CCC(/C=C1\Oc2cc3oc4ccccc4c3cc2N1CC#CC#CC#CSOO)=C\c1oc2cc3oc4ccccc4c3cc2[n+]1CC#CC#CC#CSOO. The summed E-state index contributed by atoms with van der Waals surface area (Å²) in [5.74, 6) is 29.3. The molecule has 8 rings (SSSR count). The fourth-order valence-corrected chi connectivity index (χ4v) is 6.59. The zero-order chi connectivity index (χ0) is 39.0. The van der Waals surface area contributed by atoms with Crippen LogP contribution in [0, 0.1) is 69.7 Å². The Morgan fingerprint density at radius 3 is 2.02 bits per heavy atom. The first-order chi connectivity index (χ1) is 28.1. The lowest BCUT2D eigenvalue weighted by molar-refractivity contribution is -0.665. The predicted octanol–water partition coefficient (Wildman–Crippen LogP) is 9.26. The van der Waals surface area contributed by atoms with Crippen LogP contribution in [0.15, 0.2) is 104 Å². The van der Waals surface area contributed by atoms with Gasteiger partial charge in [0.15, 0.2) is 5.75 Å². The van der Waals surface area contributed by atoms with Crippen LogP contribution in [-0.4, -0.2) is 17.1 Å². The highest BCUT2D eigenvalue weighted by Crippen LogP contribution is 2.44. The number of ether oxygens (including phenoxy) is 1. The van der Waals surface area contributed by atoms with Crippen LogP contribution in [0.1, 0.15) is 19.2 Å². The van der Waals surface area contributed by atoms with E-state index in [1.807, 2.05) is 89.2 Å². The smallest absolute Gasteiger partial charge is 0.375 e. The van der Waals surface area contributed by atoms with E-state index in [4.69, 9.17) is 28.5 Å². The lowest BCUT2D eigenvalue weighted by Crippen LogP contribution is -2.34. The number of rotatable bonds is 7. The maximum atomic E-state index is 8.41. The maximum absolute atomic E-state index is 8.41. The molecule has 0 saturated carbocycles. The zero-order valence-corrected chi connectivity index (χ0v) is 31.4. The Hall–Kier alpha value is -7.07. The van der Waals surface area contributed by atoms with Gasteiger partial charge in [-0.15, -0.1) is 4.57 Å². The van der Waals surface area contributed by atoms with Gasteiger partial charge in [-0.3, -0.25) is 4.90 Å². The molecule has 2 N–H and O–H groups in total. The average Bonchev–Trinajstić information content (AvgIpc) is 3.97. The van der Waals surface area contributed by atoms with Crippen LogP contribution in [-0.2, 0) is 15.2 Å². The first-order valence-corrected chi connectivity index (χ1v) is 18.6. The van der Waals surface area contributed by atoms with Crippen molar-refractivity contribution in [1.29, 1.82) is 0 Å². The van der Waals surface area contributed by atoms with Crippen LogP contribution in [0.3, 0.4) is 0 Å². The van der Waals surface area contributed by atoms with Gasteiger partial charge in [-0.25, -0.2) is 10.5 Å². The number of hydrogen-bond donors (Lipinski definition) is 2. The van der Waals surface area contributed by atoms with Gasteiger partial charge in [-0.1, -0.05) is 49.2 Å². The number of fused-ring (bicyclic) bond motifs is 8. The molecule has 0 fully saturated rings. The Morgan fingerprint density at radius 2 is 1.33 bits per heavy atom. The summed E-state index contributed by atoms with van der Waals surface area (Å²) >= 11 is 1.13. The molecule has 0 spiro atoms. The summed E-state index contributed by atoms with van der Waals surface area (Å²) < 4.78 is 35.1. The van der Waals surface area contributed by atoms with Crippen LogP contribution < -0.4 is 14.2 Å². The molecule has 0 saturated heterocycles. The van der Waals surface area contributed by atoms with Gasteiger partial charge in [0.25, 0.3) is 5.52 Å². The number of allylic oxidation sites excluding steroid dienone is 2. The molecule has 12 heteroatoms. The molecule has 57 heavy (non-hydrogen) atoms. The fourth-order valence-electron chi connectivity index (χ4n) is 6.33. The highest BCUT2D eigenvalue weighted by Gasteiger charge is 2.29. The molecule has 274 valence electrons. The topological polar surface area (TPSA) is 115 Å². The molecule has 0 unspecified atom stereocenters. The van der Waals surface area contributed by atoms with E-state index in [1.54, 1.807) is 0 Å². The highest BCUT2D eigenvalue weighted by molar-refractivity contribution is 7.99. The zero-order valence-electron chi connectivity index (χ0n) is 29.8. The molecule has 3 aromatic heterocycles. The van der Waals surface area contributed by atoms with Crippen LogP contribution in [0.25, 0.3) is 61.1 Å². The minimum Gasteiger partial charge on any atom is -0.456 e. The van der Waals surface area contributed by atoms with Crippen molar-refractivity contribution in [2.45, 2.75) is 19.9 Å². The second kappa shape index (κ2) is 17.2. The molecular weight excluding hydrogens is 761 g/mol. The first-order valence-electron chi connectivity index (χ1n) is 17.2. The second-order valence-electron chi connectivity index (χ2n) is 12.0. The number of furan rings is 2. The Labute approximate surface area is 334 Å². The molecule has 1 aliphatic rings. The largest absolute Gasteiger partial charge is 0.456 e. The summed E-state index contributed by atoms with van der Waals surface area (Å²) in [6.45, 7) is 2.57. The van der Waals surface area contributed by atoms with Crippen LogP contribution in [0.2, 0.25) is 0 Å². The normalized spacial score (nSPS) is 12.4. The van der Waals surface area contributed by atoms with Crippen molar-refractivity contribution in [3.05, 3.63) is 96.2 Å². The molecule has 7 aromatic rings. The third-order valence-corrected chi connectivity index (χ3v) is 9.29. The number of hydrogen-bond acceptors (Lipinski definition) is 11. The summed E-state index contributed by atoms with van der Waals surface area (Å²) in [7, 11) is 0. The number of aromatic nitrogens is 1. The van der Waals surface area contributed by atoms with Gasteiger partial charge in [0.1, 0.15) is 46.4 Å². The minimum atomic E-state index is 0.262. The summed E-state index contributed by atoms with van der Waals surface area (Å²) in [5.41, 5.74) is 6.16. The molecular formula is C45H25N2O8S2+. The lowest BCUT2D eigenvalue weighted by Gasteiger charge is -2.15. The monoisotopic (exact) mass is 785 g/mol. The van der Waals surface area contributed by atoms with E-state index in [-0.39, 0.29) is 13.1 Å². The van der Waals surface area contributed by atoms with Gasteiger partial charge < -0.3 is 18.0 Å². The highest BCUT2D eigenvalue weighted by atomic mass is 32.2. The summed E-state index contributed by atoms with van der Waals surface area (Å²) in [4.78, 5) is 1.99. The standard InChI is InChI=1S/C45H24N2O8S2/c1-2-31(25-44-46(21-13-5-3-7-15-23-56-54-48)36-27-34-32-17-9-11-19-38(32)50-40(34)29-42(36)52-44)26-45-47(22-14-6-4-8-16-24-57-55-49)37-28-35-33-18-10-12-20-39(33)51-41(35)30-43(37)53-45/h9-12,17-20,25-30H,2,21-22H2,1H3,(H-,48,49)/p+1. The molecule has 0 atom stereocenters. The predicted molar refractivity (Wildman–Crippen MR) is 221 cm³/mol. The molecule has 4 heterocycles. The Balaban J connectivity index is 1.20. The van der Waals surface area contributed by atoms with E-state index in [0.717, 1.165) is 49.5 Å². The molecule has 4 aromatic carbocycles. The summed E-state index contributed by atoms with van der Waals surface area (Å²) in [6.07, 6.45) is 4.56. The third-order valence-electron chi connectivity index (χ3n) is 8.77. The van der Waals surface area contributed by atoms with E-state index < -0.39 is 0 Å². The van der Waals surface area contributed by atoms with Gasteiger partial charge in [0, 0.05) is 68.2 Å². The number of nitrogens with zero attached hydrogens (tertiary/aromatic N) is 2. The molecule has 10 nitrogen and oxygen atoms in total. The average molecular weight is 786 g/mol. The van der Waals surface area contributed by atoms with Crippen molar-refractivity contribution < 1.29 is 41.7 Å². The second-order valence-corrected chi connectivity index (χ2v) is 13.0. The van der Waals surface area contributed by atoms with Crippen molar-refractivity contribution >= 4 is 90.8 Å². The van der Waals surface area contributed by atoms with E-state index in [1.165, 1.54) is 0 Å². The lowest BCUT2D eigenvalue weighted by atomic mass is 10.1. The quantitative estimate of drug-likeness (QED) is 0.0530. The van der Waals surface area contributed by atoms with Gasteiger partial charge in [0.2, 0.25) is 18.0 Å². The summed E-state index contributed by atoms with van der Waals surface area (Å²) in [5, 5.41) is 25.7. The Kier molecular flexibility index (Phi) is 11.1. The Morgan fingerprint density at radius 1 is 0.702 bits per heavy atom. The van der Waals surface area contributed by atoms with Crippen LogP contribution in [0.5, 0.6) is 5.75 Å². The third kappa shape index (κ3) is 7.88. The van der Waals surface area contributed by atoms with Crippen molar-refractivity contribution in [3.8, 4) is 75.5 Å². The van der Waals surface area contributed by atoms with Crippen molar-refractivity contribution in [1.82, 2.24) is 0 Å². The van der Waals surface area contributed by atoms with E-state index in [9.17, 15) is 0 Å². The molecule has 0 amide bonds. The van der Waals surface area contributed by atoms with E-state index in [0.29, 0.717) is 64.8 Å². The molecule has 0 bridgehead atoms. The Bertz CT molecular complexity index is 3190. The van der Waals surface area contributed by atoms with Crippen molar-refractivity contribution in [2.75, 3.05) is 11.4 Å². The number of anilines is 1. The van der Waals surface area contributed by atoms with Gasteiger partial charge in [0.05, 0.1) is 18.3 Å². The maximum Gasteiger partial charge on any atom is 0.375 e. The van der Waals surface area contributed by atoms with Gasteiger partial charge in [-0.05, 0) is 71.6 Å². The van der Waals surface area contributed by atoms with Crippen molar-refractivity contribution in [2.24, 2.45) is 0 Å². The fraction of sp³-hybridized carbons (Fsp3) is 0.0889. The first kappa shape index (κ1) is 36.9. The number of para-hydroxylation sites is 2. The van der Waals surface area contributed by atoms with E-state index in [2.05, 4.69) is 90.5 Å². The van der Waals surface area contributed by atoms with Crippen LogP contribution in [0.4, 0.5) is 5.69 Å². The van der Waals surface area contributed by atoms with Gasteiger partial charge >= 0.3 is 5.89 Å². The van der Waals surface area contributed by atoms with Crippen LogP contribution >= 0.6 is 24.1 Å². The van der Waals surface area contributed by atoms with E-state index >= 15 is 0 Å². The number of oxazole rings is 1. The van der Waals surface area contributed by atoms with Crippen molar-refractivity contribution in [3.63, 3.8) is 0 Å². The summed E-state index contributed by atoms with van der Waals surface area (Å²) in [6, 6.07) is 23.7.